The number of nitrogens with zero attached hydrogens (tertiary/aromatic N) is 5. The molecule has 0 spiro atoms. The van der Waals surface area contributed by atoms with Gasteiger partial charge < -0.3 is 15.4 Å². The summed E-state index contributed by atoms with van der Waals surface area (Å²) in [5, 5.41) is 9.82. The van der Waals surface area contributed by atoms with Crippen LogP contribution < -0.4 is 15.4 Å². The smallest absolute Gasteiger partial charge is 0.319 e. The van der Waals surface area contributed by atoms with Crippen molar-refractivity contribution in [3.63, 3.8) is 0 Å². The highest BCUT2D eigenvalue weighted by molar-refractivity contribution is 5.55. The normalized spacial score (nSPS) is 18.9. The van der Waals surface area contributed by atoms with E-state index in [4.69, 9.17) is 11.3 Å². The third-order valence-corrected chi connectivity index (χ3v) is 4.74. The molecule has 0 radical (unpaired) electrons. The van der Waals surface area contributed by atoms with Gasteiger partial charge >= 0.3 is 5.66 Å². The first kappa shape index (κ1) is 20.9. The molecular weight excluding hydrogens is 387 g/mol. The summed E-state index contributed by atoms with van der Waals surface area (Å²) in [6.07, 6.45) is 2.75. The fourth-order valence-electron chi connectivity index (χ4n) is 2.82. The van der Waals surface area contributed by atoms with E-state index in [1.807, 2.05) is 0 Å². The van der Waals surface area contributed by atoms with Crippen molar-refractivity contribution in [2.45, 2.75) is 38.8 Å². The molecule has 29 heavy (non-hydrogen) atoms. The van der Waals surface area contributed by atoms with Gasteiger partial charge in [0.1, 0.15) is 0 Å². The topological polar surface area (TPSA) is 81.2 Å². The molecule has 1 saturated heterocycles. The quantitative estimate of drug-likeness (QED) is 0.714. The zero-order chi connectivity index (χ0) is 21.2. The van der Waals surface area contributed by atoms with Crippen molar-refractivity contribution in [3.05, 3.63) is 35.3 Å². The number of anilines is 2. The van der Waals surface area contributed by atoms with Crippen LogP contribution in [-0.2, 0) is 5.66 Å². The van der Waals surface area contributed by atoms with Crippen LogP contribution in [0, 0.1) is 25.2 Å². The molecule has 1 aliphatic rings. The summed E-state index contributed by atoms with van der Waals surface area (Å²) in [7, 11) is 0. The Kier molecular flexibility index (Phi) is 5.66. The molecule has 8 nitrogen and oxygen atoms in total. The summed E-state index contributed by atoms with van der Waals surface area (Å²) < 4.78 is 48.6. The van der Waals surface area contributed by atoms with Gasteiger partial charge in [0.2, 0.25) is 11.8 Å². The Labute approximate surface area is 166 Å². The second-order valence-corrected chi connectivity index (χ2v) is 7.39. The number of rotatable bonds is 6. The summed E-state index contributed by atoms with van der Waals surface area (Å²) >= 11 is 0. The van der Waals surface area contributed by atoms with Gasteiger partial charge in [-0.2, -0.15) is 19.2 Å². The number of ether oxygens (including phenoxy) is 1. The van der Waals surface area contributed by atoms with Crippen LogP contribution in [0.2, 0.25) is 0 Å². The number of halogens is 3. The van der Waals surface area contributed by atoms with E-state index in [-0.39, 0.29) is 19.0 Å². The second-order valence-electron chi connectivity index (χ2n) is 7.39. The summed E-state index contributed by atoms with van der Waals surface area (Å²) in [5.74, 6) is -5.16. The molecule has 1 aliphatic heterocycles. The lowest BCUT2D eigenvalue weighted by atomic mass is 9.95. The largest absolute Gasteiger partial charge is 0.475 e. The van der Waals surface area contributed by atoms with Crippen LogP contribution >= 0.6 is 0 Å². The molecule has 3 heterocycles. The maximum absolute atomic E-state index is 14.0. The van der Waals surface area contributed by atoms with Crippen LogP contribution in [0.1, 0.15) is 26.0 Å². The SMILES string of the molecule is [C-]#[N+]C(C)(C)n1cc(Nc2ncc(F)c(OCC3CCNCC3(F)F)n2)c(C)n1. The molecule has 11 heteroatoms. The minimum Gasteiger partial charge on any atom is -0.475 e. The van der Waals surface area contributed by atoms with E-state index in [2.05, 4.69) is 30.5 Å². The van der Waals surface area contributed by atoms with Crippen LogP contribution in [0.15, 0.2) is 12.4 Å². The molecule has 0 amide bonds. The molecule has 0 aliphatic carbocycles. The molecule has 2 aromatic rings. The highest BCUT2D eigenvalue weighted by Crippen LogP contribution is 2.30. The molecular formula is C18H22F3N7O. The van der Waals surface area contributed by atoms with Crippen molar-refractivity contribution in [2.75, 3.05) is 25.0 Å². The average Bonchev–Trinajstić information content (AvgIpc) is 3.04. The van der Waals surface area contributed by atoms with Gasteiger partial charge in [0.25, 0.3) is 11.8 Å². The van der Waals surface area contributed by atoms with Gasteiger partial charge in [0.15, 0.2) is 0 Å². The maximum atomic E-state index is 14.0. The first-order valence-electron chi connectivity index (χ1n) is 9.08. The van der Waals surface area contributed by atoms with Crippen LogP contribution in [0.5, 0.6) is 5.88 Å². The Balaban J connectivity index is 1.74. The molecule has 0 saturated carbocycles. The van der Waals surface area contributed by atoms with E-state index >= 15 is 0 Å². The van der Waals surface area contributed by atoms with Crippen LogP contribution in [0.4, 0.5) is 24.8 Å². The fraction of sp³-hybridized carbons (Fsp3) is 0.556. The van der Waals surface area contributed by atoms with E-state index in [1.54, 1.807) is 27.0 Å². The fourth-order valence-corrected chi connectivity index (χ4v) is 2.82. The number of piperidine rings is 1. The minimum absolute atomic E-state index is 0.0294. The third-order valence-electron chi connectivity index (χ3n) is 4.74. The van der Waals surface area contributed by atoms with Crippen molar-refractivity contribution < 1.29 is 17.9 Å². The number of aromatic nitrogens is 4. The number of nitrogens with one attached hydrogen (secondary N) is 2. The Morgan fingerprint density at radius 2 is 2.24 bits per heavy atom. The van der Waals surface area contributed by atoms with E-state index in [0.717, 1.165) is 6.20 Å². The van der Waals surface area contributed by atoms with Gasteiger partial charge in [-0.15, -0.1) is 0 Å². The molecule has 2 aromatic heterocycles. The number of hydrogen-bond donors (Lipinski definition) is 2. The van der Waals surface area contributed by atoms with E-state index in [0.29, 0.717) is 17.9 Å². The zero-order valence-corrected chi connectivity index (χ0v) is 16.3. The molecule has 1 fully saturated rings. The first-order valence-corrected chi connectivity index (χ1v) is 9.08. The van der Waals surface area contributed by atoms with Gasteiger partial charge in [-0.05, 0) is 19.9 Å². The predicted molar refractivity (Wildman–Crippen MR) is 99.6 cm³/mol. The average molecular weight is 409 g/mol. The lowest BCUT2D eigenvalue weighted by Gasteiger charge is -2.31. The maximum Gasteiger partial charge on any atom is 0.319 e. The number of hydrogen-bond acceptors (Lipinski definition) is 6. The Bertz CT molecular complexity index is 923. The Morgan fingerprint density at radius 1 is 1.48 bits per heavy atom. The van der Waals surface area contributed by atoms with Gasteiger partial charge in [0.05, 0.1) is 42.8 Å². The van der Waals surface area contributed by atoms with Gasteiger partial charge in [0, 0.05) is 13.8 Å². The zero-order valence-electron chi connectivity index (χ0n) is 16.3. The van der Waals surface area contributed by atoms with Crippen LogP contribution in [-0.4, -0.2) is 45.4 Å². The minimum atomic E-state index is -2.93. The van der Waals surface area contributed by atoms with E-state index in [1.165, 1.54) is 4.68 Å². The second kappa shape index (κ2) is 7.87. The molecule has 156 valence electrons. The van der Waals surface area contributed by atoms with Crippen molar-refractivity contribution in [2.24, 2.45) is 5.92 Å². The van der Waals surface area contributed by atoms with Crippen molar-refractivity contribution in [1.29, 1.82) is 0 Å². The van der Waals surface area contributed by atoms with Gasteiger partial charge in [-0.25, -0.2) is 20.3 Å². The molecule has 1 unspecified atom stereocenters. The van der Waals surface area contributed by atoms with Gasteiger partial charge in [-0.3, -0.25) is 4.85 Å². The lowest BCUT2D eigenvalue weighted by Crippen LogP contribution is -2.48. The molecule has 0 bridgehead atoms. The van der Waals surface area contributed by atoms with Crippen molar-refractivity contribution >= 4 is 11.6 Å². The standard InChI is InChI=1S/C18H22F3N7O/c1-11-14(8-28(27-11)17(2,3)22-4)25-16-24-7-13(19)15(26-16)29-9-12-5-6-23-10-18(12,20)21/h7-8,12,23H,5-6,9-10H2,1-3H3,(H,24,25,26). The van der Waals surface area contributed by atoms with Crippen LogP contribution in [0.25, 0.3) is 4.85 Å². The summed E-state index contributed by atoms with van der Waals surface area (Å²) in [6, 6.07) is 0. The highest BCUT2D eigenvalue weighted by Gasteiger charge is 2.42. The monoisotopic (exact) mass is 409 g/mol. The van der Waals surface area contributed by atoms with Crippen molar-refractivity contribution in [1.82, 2.24) is 25.1 Å². The number of alkyl halides is 2. The highest BCUT2D eigenvalue weighted by atomic mass is 19.3. The Hall–Kier alpha value is -2.87. The molecule has 3 rings (SSSR count). The third kappa shape index (κ3) is 4.59. The first-order chi connectivity index (χ1) is 13.6. The Morgan fingerprint density at radius 3 is 2.93 bits per heavy atom. The van der Waals surface area contributed by atoms with E-state index < -0.39 is 35.7 Å². The molecule has 0 aromatic carbocycles. The summed E-state index contributed by atoms with van der Waals surface area (Å²) in [4.78, 5) is 11.3. The van der Waals surface area contributed by atoms with Crippen molar-refractivity contribution in [3.8, 4) is 5.88 Å². The van der Waals surface area contributed by atoms with E-state index in [9.17, 15) is 13.2 Å². The lowest BCUT2D eigenvalue weighted by molar-refractivity contribution is -0.0870. The summed E-state index contributed by atoms with van der Waals surface area (Å²) in [6.45, 7) is 12.1. The summed E-state index contributed by atoms with van der Waals surface area (Å²) in [5.41, 5.74) is 0.249. The molecule has 2 N–H and O–H groups in total. The molecule has 1 atom stereocenters. The van der Waals surface area contributed by atoms with Gasteiger partial charge in [-0.1, -0.05) is 0 Å². The van der Waals surface area contributed by atoms with Crippen LogP contribution in [0.3, 0.4) is 0 Å². The predicted octanol–water partition coefficient (Wildman–Crippen LogP) is 3.10. The number of aryl methyl sites for hydroxylation is 1.